The number of fused-ring (bicyclic) bond motifs is 1. The summed E-state index contributed by atoms with van der Waals surface area (Å²) in [7, 11) is -3.71. The van der Waals surface area contributed by atoms with Gasteiger partial charge in [-0.15, -0.1) is 0 Å². The molecule has 4 rings (SSSR count). The second-order valence-electron chi connectivity index (χ2n) is 7.22. The highest BCUT2D eigenvalue weighted by molar-refractivity contribution is 7.89. The topological polar surface area (TPSA) is 102 Å². The van der Waals surface area contributed by atoms with Gasteiger partial charge >= 0.3 is 0 Å². The normalized spacial score (nSPS) is 17.2. The predicted molar refractivity (Wildman–Crippen MR) is 107 cm³/mol. The fraction of sp³-hybridized carbons (Fsp3) is 0.474. The predicted octanol–water partition coefficient (Wildman–Crippen LogP) is 1.79. The van der Waals surface area contributed by atoms with Crippen LogP contribution in [0.3, 0.4) is 0 Å². The second-order valence-corrected chi connectivity index (χ2v) is 9.50. The summed E-state index contributed by atoms with van der Waals surface area (Å²) in [5.41, 5.74) is 1.06. The van der Waals surface area contributed by atoms with Gasteiger partial charge in [0, 0.05) is 26.2 Å². The maximum Gasteiger partial charge on any atom is 0.248 e. The highest BCUT2D eigenvalue weighted by atomic mass is 35.5. The monoisotopic (exact) mass is 455 g/mol. The Morgan fingerprint density at radius 2 is 1.83 bits per heavy atom. The van der Waals surface area contributed by atoms with E-state index in [9.17, 15) is 13.2 Å². The molecule has 162 valence electrons. The molecule has 3 heterocycles. The molecule has 2 aliphatic rings. The fourth-order valence-electron chi connectivity index (χ4n) is 3.70. The summed E-state index contributed by atoms with van der Waals surface area (Å²) >= 11 is 6.24. The fourth-order valence-corrected chi connectivity index (χ4v) is 5.70. The van der Waals surface area contributed by atoms with Crippen molar-refractivity contribution in [3.05, 3.63) is 34.2 Å². The summed E-state index contributed by atoms with van der Waals surface area (Å²) in [6.45, 7) is 5.07. The summed E-state index contributed by atoms with van der Waals surface area (Å²) in [6.07, 6.45) is 0.146. The first kappa shape index (κ1) is 21.0. The number of carbonyl (C=O) groups is 1. The number of rotatable bonds is 4. The van der Waals surface area contributed by atoms with E-state index in [1.165, 1.54) is 4.31 Å². The van der Waals surface area contributed by atoms with E-state index in [1.54, 1.807) is 30.9 Å². The molecule has 2 aliphatic heterocycles. The molecule has 0 unspecified atom stereocenters. The minimum Gasteiger partial charge on any atom is -0.486 e. The van der Waals surface area contributed by atoms with Gasteiger partial charge in [-0.25, -0.2) is 8.42 Å². The van der Waals surface area contributed by atoms with Gasteiger partial charge < -0.3 is 18.9 Å². The molecule has 0 atom stereocenters. The van der Waals surface area contributed by atoms with Gasteiger partial charge in [-0.05, 0) is 31.5 Å². The molecular weight excluding hydrogens is 434 g/mol. The lowest BCUT2D eigenvalue weighted by molar-refractivity contribution is -0.131. The third kappa shape index (κ3) is 3.86. The van der Waals surface area contributed by atoms with E-state index in [1.807, 2.05) is 0 Å². The SMILES string of the molecule is Cc1noc(C)c1S(=O)(=O)N1CCN(C(=O)Cc2cc(Cl)c3c(c2)OCCO3)CC1. The van der Waals surface area contributed by atoms with Gasteiger partial charge in [0.1, 0.15) is 23.8 Å². The number of piperazine rings is 1. The van der Waals surface area contributed by atoms with Crippen LogP contribution in [0.2, 0.25) is 5.02 Å². The van der Waals surface area contributed by atoms with Crippen molar-refractivity contribution in [1.82, 2.24) is 14.4 Å². The molecule has 30 heavy (non-hydrogen) atoms. The smallest absolute Gasteiger partial charge is 0.248 e. The molecule has 9 nitrogen and oxygen atoms in total. The molecule has 0 bridgehead atoms. The molecule has 0 saturated carbocycles. The molecule has 1 aromatic heterocycles. The van der Waals surface area contributed by atoms with Gasteiger partial charge in [-0.3, -0.25) is 4.79 Å². The highest BCUT2D eigenvalue weighted by Crippen LogP contribution is 2.38. The van der Waals surface area contributed by atoms with Gasteiger partial charge in [0.15, 0.2) is 17.3 Å². The molecule has 11 heteroatoms. The Hall–Kier alpha value is -2.30. The molecule has 1 amide bonds. The summed E-state index contributed by atoms with van der Waals surface area (Å²) < 4.78 is 43.2. The van der Waals surface area contributed by atoms with Crippen molar-refractivity contribution in [2.75, 3.05) is 39.4 Å². The van der Waals surface area contributed by atoms with E-state index in [0.717, 1.165) is 5.56 Å². The molecular formula is C19H22ClN3O6S. The Morgan fingerprint density at radius 3 is 2.50 bits per heavy atom. The second kappa shape index (κ2) is 8.09. The average Bonchev–Trinajstić information content (AvgIpc) is 3.07. The Kier molecular flexibility index (Phi) is 5.65. The van der Waals surface area contributed by atoms with E-state index in [-0.39, 0.29) is 36.1 Å². The molecule has 2 aromatic rings. The van der Waals surface area contributed by atoms with Crippen molar-refractivity contribution in [3.8, 4) is 11.5 Å². The van der Waals surface area contributed by atoms with Crippen molar-refractivity contribution in [3.63, 3.8) is 0 Å². The molecule has 1 saturated heterocycles. The van der Waals surface area contributed by atoms with Gasteiger partial charge in [0.25, 0.3) is 0 Å². The number of hydrogen-bond donors (Lipinski definition) is 0. The maximum absolute atomic E-state index is 12.9. The lowest BCUT2D eigenvalue weighted by Crippen LogP contribution is -2.51. The van der Waals surface area contributed by atoms with Crippen molar-refractivity contribution >= 4 is 27.5 Å². The van der Waals surface area contributed by atoms with E-state index >= 15 is 0 Å². The third-order valence-electron chi connectivity index (χ3n) is 5.17. The molecule has 0 aliphatic carbocycles. The number of nitrogens with zero attached hydrogens (tertiary/aromatic N) is 3. The van der Waals surface area contributed by atoms with Crippen LogP contribution < -0.4 is 9.47 Å². The maximum atomic E-state index is 12.9. The summed E-state index contributed by atoms with van der Waals surface area (Å²) in [5, 5.41) is 4.14. The number of aromatic nitrogens is 1. The van der Waals surface area contributed by atoms with E-state index in [2.05, 4.69) is 5.16 Å². The van der Waals surface area contributed by atoms with Crippen LogP contribution in [0, 0.1) is 13.8 Å². The summed E-state index contributed by atoms with van der Waals surface area (Å²) in [4.78, 5) is 14.5. The van der Waals surface area contributed by atoms with E-state index in [0.29, 0.717) is 48.5 Å². The molecule has 0 radical (unpaired) electrons. The average molecular weight is 456 g/mol. The molecule has 0 spiro atoms. The van der Waals surface area contributed by atoms with Crippen LogP contribution in [0.15, 0.2) is 21.6 Å². The third-order valence-corrected chi connectivity index (χ3v) is 7.59. The number of hydrogen-bond acceptors (Lipinski definition) is 7. The van der Waals surface area contributed by atoms with Gasteiger partial charge in [-0.1, -0.05) is 16.8 Å². The van der Waals surface area contributed by atoms with Crippen molar-refractivity contribution in [1.29, 1.82) is 0 Å². The van der Waals surface area contributed by atoms with Crippen LogP contribution in [-0.4, -0.2) is 68.1 Å². The highest BCUT2D eigenvalue weighted by Gasteiger charge is 2.34. The minimum absolute atomic E-state index is 0.0999. The van der Waals surface area contributed by atoms with Crippen LogP contribution in [0.25, 0.3) is 0 Å². The summed E-state index contributed by atoms with van der Waals surface area (Å²) in [5.74, 6) is 1.20. The van der Waals surface area contributed by atoms with Crippen LogP contribution in [0.1, 0.15) is 17.0 Å². The number of carbonyl (C=O) groups excluding carboxylic acids is 1. The largest absolute Gasteiger partial charge is 0.486 e. The van der Waals surface area contributed by atoms with Crippen LogP contribution in [0.5, 0.6) is 11.5 Å². The zero-order valence-electron chi connectivity index (χ0n) is 16.7. The molecule has 1 fully saturated rings. The van der Waals surface area contributed by atoms with Gasteiger partial charge in [0.2, 0.25) is 15.9 Å². The van der Waals surface area contributed by atoms with Crippen LogP contribution in [-0.2, 0) is 21.2 Å². The number of halogens is 1. The Bertz CT molecular complexity index is 1060. The van der Waals surface area contributed by atoms with Crippen LogP contribution >= 0.6 is 11.6 Å². The van der Waals surface area contributed by atoms with Crippen LogP contribution in [0.4, 0.5) is 0 Å². The minimum atomic E-state index is -3.71. The molecule has 0 N–H and O–H groups in total. The van der Waals surface area contributed by atoms with E-state index in [4.69, 9.17) is 25.6 Å². The Labute approximate surface area is 179 Å². The first-order chi connectivity index (χ1) is 14.3. The number of aryl methyl sites for hydroxylation is 2. The summed E-state index contributed by atoms with van der Waals surface area (Å²) in [6, 6.07) is 3.46. The lowest BCUT2D eigenvalue weighted by Gasteiger charge is -2.34. The number of benzene rings is 1. The van der Waals surface area contributed by atoms with Gasteiger partial charge in [0.05, 0.1) is 11.4 Å². The van der Waals surface area contributed by atoms with Gasteiger partial charge in [-0.2, -0.15) is 4.31 Å². The number of sulfonamides is 1. The zero-order valence-corrected chi connectivity index (χ0v) is 18.3. The molecule has 1 aromatic carbocycles. The van der Waals surface area contributed by atoms with Crippen molar-refractivity contribution in [2.24, 2.45) is 0 Å². The van der Waals surface area contributed by atoms with Crippen molar-refractivity contribution < 1.29 is 27.2 Å². The lowest BCUT2D eigenvalue weighted by atomic mass is 10.1. The van der Waals surface area contributed by atoms with E-state index < -0.39 is 10.0 Å². The Balaban J connectivity index is 1.41. The first-order valence-corrected chi connectivity index (χ1v) is 11.4. The number of amides is 1. The zero-order chi connectivity index (χ0) is 21.5. The Morgan fingerprint density at radius 1 is 1.13 bits per heavy atom. The van der Waals surface area contributed by atoms with Crippen molar-refractivity contribution in [2.45, 2.75) is 25.2 Å². The first-order valence-electron chi connectivity index (χ1n) is 9.56. The standard InChI is InChI=1S/C19H22ClN3O6S/c1-12-19(13(2)29-21-12)30(25,26)23-5-3-22(4-6-23)17(24)11-14-9-15(20)18-16(10-14)27-7-8-28-18/h9-10H,3-8,11H2,1-2H3. The number of ether oxygens (including phenoxy) is 2. The quantitative estimate of drug-likeness (QED) is 0.692.